The quantitative estimate of drug-likeness (QED) is 0.786. The van der Waals surface area contributed by atoms with E-state index in [0.29, 0.717) is 11.3 Å². The zero-order valence-corrected chi connectivity index (χ0v) is 8.66. The zero-order chi connectivity index (χ0) is 11.5. The number of aromatic nitrogens is 1. The van der Waals surface area contributed by atoms with Crippen LogP contribution in [0.2, 0.25) is 0 Å². The zero-order valence-electron chi connectivity index (χ0n) is 8.66. The van der Waals surface area contributed by atoms with Crippen molar-refractivity contribution in [1.82, 2.24) is 4.98 Å². The predicted molar refractivity (Wildman–Crippen MR) is 59.0 cm³/mol. The van der Waals surface area contributed by atoms with Crippen LogP contribution in [-0.4, -0.2) is 12.1 Å². The molecule has 1 aromatic heterocycles. The number of rotatable bonds is 2. The van der Waals surface area contributed by atoms with Crippen molar-refractivity contribution in [1.29, 1.82) is 0 Å². The number of aromatic amines is 1. The fourth-order valence-corrected chi connectivity index (χ4v) is 1.45. The highest BCUT2D eigenvalue weighted by Crippen LogP contribution is 2.19. The summed E-state index contributed by atoms with van der Waals surface area (Å²) in [5.41, 5.74) is 0.719. The van der Waals surface area contributed by atoms with Gasteiger partial charge in [0.15, 0.2) is 5.95 Å². The van der Waals surface area contributed by atoms with Gasteiger partial charge in [0, 0.05) is 5.56 Å². The number of hydrogen-bond donors (Lipinski definition) is 1. The van der Waals surface area contributed by atoms with Crippen LogP contribution in [0.1, 0.15) is 0 Å². The van der Waals surface area contributed by atoms with Crippen molar-refractivity contribution < 1.29 is 9.13 Å². The van der Waals surface area contributed by atoms with Gasteiger partial charge in [-0.1, -0.05) is 12.1 Å². The molecule has 16 heavy (non-hydrogen) atoms. The minimum Gasteiger partial charge on any atom is -0.497 e. The first-order valence-corrected chi connectivity index (χ1v) is 4.74. The molecule has 0 bridgehead atoms. The third kappa shape index (κ3) is 1.95. The molecule has 1 heterocycles. The fraction of sp³-hybridized carbons (Fsp3) is 0.0833. The number of methoxy groups -OCH3 is 1. The van der Waals surface area contributed by atoms with Gasteiger partial charge in [0.25, 0.3) is 5.56 Å². The van der Waals surface area contributed by atoms with E-state index in [-0.39, 0.29) is 0 Å². The summed E-state index contributed by atoms with van der Waals surface area (Å²) < 4.78 is 17.7. The highest BCUT2D eigenvalue weighted by Gasteiger charge is 2.03. The van der Waals surface area contributed by atoms with Gasteiger partial charge in [-0.3, -0.25) is 9.78 Å². The van der Waals surface area contributed by atoms with Crippen LogP contribution in [0.4, 0.5) is 4.39 Å². The second kappa shape index (κ2) is 4.18. The average Bonchev–Trinajstić information content (AvgIpc) is 2.29. The molecule has 0 unspecified atom stereocenters. The Balaban J connectivity index is 2.46. The van der Waals surface area contributed by atoms with Crippen LogP contribution >= 0.6 is 0 Å². The Labute approximate surface area is 91.5 Å². The van der Waals surface area contributed by atoms with Crippen molar-refractivity contribution in [2.75, 3.05) is 7.11 Å². The van der Waals surface area contributed by atoms with Crippen molar-refractivity contribution in [3.8, 4) is 16.9 Å². The van der Waals surface area contributed by atoms with Crippen molar-refractivity contribution in [3.05, 3.63) is 52.7 Å². The minimum atomic E-state index is -0.637. The molecule has 3 nitrogen and oxygen atoms in total. The molecule has 0 atom stereocenters. The molecular weight excluding hydrogens is 209 g/mol. The SMILES string of the molecule is COc1ccc(-c2ccc(F)[nH]c2=O)cc1. The van der Waals surface area contributed by atoms with Gasteiger partial charge >= 0.3 is 0 Å². The number of hydrogen-bond acceptors (Lipinski definition) is 2. The number of benzene rings is 1. The monoisotopic (exact) mass is 219 g/mol. The van der Waals surface area contributed by atoms with Gasteiger partial charge in [0.1, 0.15) is 5.75 Å². The normalized spacial score (nSPS) is 10.1. The van der Waals surface area contributed by atoms with Crippen LogP contribution in [0.25, 0.3) is 11.1 Å². The van der Waals surface area contributed by atoms with Gasteiger partial charge in [-0.25, -0.2) is 0 Å². The maximum absolute atomic E-state index is 12.7. The van der Waals surface area contributed by atoms with E-state index < -0.39 is 11.5 Å². The predicted octanol–water partition coefficient (Wildman–Crippen LogP) is 2.19. The van der Waals surface area contributed by atoms with Crippen LogP contribution in [0.5, 0.6) is 5.75 Å². The van der Waals surface area contributed by atoms with Crippen molar-refractivity contribution in [3.63, 3.8) is 0 Å². The van der Waals surface area contributed by atoms with Crippen molar-refractivity contribution >= 4 is 0 Å². The standard InChI is InChI=1S/C12H10FNO2/c1-16-9-4-2-8(3-5-9)10-6-7-11(13)14-12(10)15/h2-7H,1H3,(H,14,15). The minimum absolute atomic E-state index is 0.434. The maximum Gasteiger partial charge on any atom is 0.257 e. The van der Waals surface area contributed by atoms with Gasteiger partial charge in [-0.05, 0) is 29.8 Å². The molecule has 0 aliphatic rings. The fourth-order valence-electron chi connectivity index (χ4n) is 1.45. The summed E-state index contributed by atoms with van der Waals surface area (Å²) in [5, 5.41) is 0. The van der Waals surface area contributed by atoms with E-state index in [4.69, 9.17) is 4.74 Å². The van der Waals surface area contributed by atoms with Gasteiger partial charge < -0.3 is 4.74 Å². The van der Waals surface area contributed by atoms with Crippen molar-refractivity contribution in [2.45, 2.75) is 0 Å². The number of pyridine rings is 1. The van der Waals surface area contributed by atoms with E-state index in [1.807, 2.05) is 0 Å². The molecule has 0 spiro atoms. The molecule has 0 fully saturated rings. The van der Waals surface area contributed by atoms with Gasteiger partial charge in [-0.15, -0.1) is 0 Å². The van der Waals surface area contributed by atoms with Crippen LogP contribution in [-0.2, 0) is 0 Å². The third-order valence-corrected chi connectivity index (χ3v) is 2.27. The van der Waals surface area contributed by atoms with Crippen LogP contribution in [0.3, 0.4) is 0 Å². The molecule has 2 aromatic rings. The number of nitrogens with one attached hydrogen (secondary N) is 1. The Morgan fingerprint density at radius 3 is 2.38 bits per heavy atom. The first kappa shape index (κ1) is 10.4. The van der Waals surface area contributed by atoms with E-state index >= 15 is 0 Å². The number of H-pyrrole nitrogens is 1. The van der Waals surface area contributed by atoms with Gasteiger partial charge in [0.05, 0.1) is 7.11 Å². The lowest BCUT2D eigenvalue weighted by molar-refractivity contribution is 0.415. The second-order valence-electron chi connectivity index (χ2n) is 3.28. The third-order valence-electron chi connectivity index (χ3n) is 2.27. The number of halogens is 1. The lowest BCUT2D eigenvalue weighted by Crippen LogP contribution is -2.09. The smallest absolute Gasteiger partial charge is 0.257 e. The lowest BCUT2D eigenvalue weighted by atomic mass is 10.1. The molecule has 2 rings (SSSR count). The van der Waals surface area contributed by atoms with Crippen LogP contribution < -0.4 is 10.3 Å². The maximum atomic E-state index is 12.7. The Hall–Kier alpha value is -2.10. The molecule has 1 N–H and O–H groups in total. The molecular formula is C12H10FNO2. The summed E-state index contributed by atoms with van der Waals surface area (Å²) >= 11 is 0. The molecule has 0 aliphatic carbocycles. The average molecular weight is 219 g/mol. The van der Waals surface area contributed by atoms with Crippen LogP contribution in [0, 0.1) is 5.95 Å². The molecule has 4 heteroatoms. The molecule has 0 saturated heterocycles. The number of ether oxygens (including phenoxy) is 1. The van der Waals surface area contributed by atoms with Crippen molar-refractivity contribution in [2.24, 2.45) is 0 Å². The molecule has 0 radical (unpaired) electrons. The second-order valence-corrected chi connectivity index (χ2v) is 3.28. The summed E-state index contributed by atoms with van der Waals surface area (Å²) in [7, 11) is 1.57. The van der Waals surface area contributed by atoms with E-state index in [9.17, 15) is 9.18 Å². The summed E-state index contributed by atoms with van der Waals surface area (Å²) in [6.45, 7) is 0. The van der Waals surface area contributed by atoms with Crippen LogP contribution in [0.15, 0.2) is 41.2 Å². The Morgan fingerprint density at radius 2 is 1.81 bits per heavy atom. The lowest BCUT2D eigenvalue weighted by Gasteiger charge is -2.02. The highest BCUT2D eigenvalue weighted by molar-refractivity contribution is 5.62. The summed E-state index contributed by atoms with van der Waals surface area (Å²) in [4.78, 5) is 13.6. The Morgan fingerprint density at radius 1 is 1.12 bits per heavy atom. The summed E-state index contributed by atoms with van der Waals surface area (Å²) in [5.74, 6) is 0.0737. The van der Waals surface area contributed by atoms with E-state index in [1.165, 1.54) is 12.1 Å². The van der Waals surface area contributed by atoms with Gasteiger partial charge in [0.2, 0.25) is 0 Å². The van der Waals surface area contributed by atoms with E-state index in [1.54, 1.807) is 31.4 Å². The Bertz CT molecular complexity index is 546. The topological polar surface area (TPSA) is 42.1 Å². The first-order valence-electron chi connectivity index (χ1n) is 4.74. The highest BCUT2D eigenvalue weighted by atomic mass is 19.1. The molecule has 82 valence electrons. The molecule has 1 aromatic carbocycles. The van der Waals surface area contributed by atoms with E-state index in [2.05, 4.69) is 4.98 Å². The largest absolute Gasteiger partial charge is 0.497 e. The molecule has 0 amide bonds. The van der Waals surface area contributed by atoms with Gasteiger partial charge in [-0.2, -0.15) is 4.39 Å². The summed E-state index contributed by atoms with van der Waals surface area (Å²) in [6.07, 6.45) is 0. The molecule has 0 aliphatic heterocycles. The Kier molecular flexibility index (Phi) is 2.72. The molecule has 0 saturated carbocycles. The summed E-state index contributed by atoms with van der Waals surface area (Å²) in [6, 6.07) is 9.68. The van der Waals surface area contributed by atoms with E-state index in [0.717, 1.165) is 5.56 Å². The first-order chi connectivity index (χ1) is 7.70.